The predicted molar refractivity (Wildman–Crippen MR) is 73.6 cm³/mol. The number of aromatic nitrogens is 2. The van der Waals surface area contributed by atoms with Crippen molar-refractivity contribution in [2.45, 2.75) is 25.1 Å². The van der Waals surface area contributed by atoms with Gasteiger partial charge in [0.15, 0.2) is 0 Å². The lowest BCUT2D eigenvalue weighted by Crippen LogP contribution is -2.16. The Kier molecular flexibility index (Phi) is 3.77. The SMILES string of the molecule is CC(C)OCCS(=O)(=O)c1nc2ccc(N)cc2[nH]1. The number of nitrogen functional groups attached to an aromatic ring is 1. The molecule has 0 aliphatic rings. The molecule has 0 unspecified atom stereocenters. The summed E-state index contributed by atoms with van der Waals surface area (Å²) in [6, 6.07) is 5.03. The molecule has 6 nitrogen and oxygen atoms in total. The van der Waals surface area contributed by atoms with E-state index in [1.54, 1.807) is 18.2 Å². The van der Waals surface area contributed by atoms with Crippen LogP contribution in [0.3, 0.4) is 0 Å². The zero-order chi connectivity index (χ0) is 14.0. The Morgan fingerprint density at radius 3 is 2.84 bits per heavy atom. The summed E-state index contributed by atoms with van der Waals surface area (Å²) < 4.78 is 29.4. The van der Waals surface area contributed by atoms with Gasteiger partial charge in [-0.15, -0.1) is 0 Å². The summed E-state index contributed by atoms with van der Waals surface area (Å²) in [6.07, 6.45) is 0.00525. The lowest BCUT2D eigenvalue weighted by atomic mass is 10.3. The molecule has 0 aliphatic heterocycles. The number of benzene rings is 1. The van der Waals surface area contributed by atoms with Crippen LogP contribution in [0.1, 0.15) is 13.8 Å². The Hall–Kier alpha value is -1.60. The molecule has 7 heteroatoms. The number of nitrogens with two attached hydrogens (primary N) is 1. The van der Waals surface area contributed by atoms with E-state index in [4.69, 9.17) is 10.5 Å². The van der Waals surface area contributed by atoms with E-state index in [0.29, 0.717) is 16.7 Å². The molecule has 0 fully saturated rings. The molecule has 1 heterocycles. The largest absolute Gasteiger partial charge is 0.399 e. The molecule has 19 heavy (non-hydrogen) atoms. The van der Waals surface area contributed by atoms with Gasteiger partial charge in [0.1, 0.15) is 0 Å². The molecule has 0 bridgehead atoms. The lowest BCUT2D eigenvalue weighted by Gasteiger charge is -2.06. The highest BCUT2D eigenvalue weighted by Gasteiger charge is 2.19. The predicted octanol–water partition coefficient (Wildman–Crippen LogP) is 1.34. The number of hydrogen-bond donors (Lipinski definition) is 2. The maximum Gasteiger partial charge on any atom is 0.226 e. The molecule has 3 N–H and O–H groups in total. The van der Waals surface area contributed by atoms with Crippen LogP contribution < -0.4 is 5.73 Å². The van der Waals surface area contributed by atoms with Gasteiger partial charge in [0, 0.05) is 5.69 Å². The van der Waals surface area contributed by atoms with Gasteiger partial charge in [-0.25, -0.2) is 13.4 Å². The van der Waals surface area contributed by atoms with Crippen LogP contribution in [-0.2, 0) is 14.6 Å². The Bertz CT molecular complexity index is 677. The Balaban J connectivity index is 2.23. The van der Waals surface area contributed by atoms with E-state index in [-0.39, 0.29) is 23.6 Å². The molecule has 0 radical (unpaired) electrons. The van der Waals surface area contributed by atoms with Gasteiger partial charge in [0.25, 0.3) is 0 Å². The summed E-state index contributed by atoms with van der Waals surface area (Å²) in [5.74, 6) is -0.0967. The highest BCUT2D eigenvalue weighted by atomic mass is 32.2. The molecular weight excluding hydrogens is 266 g/mol. The van der Waals surface area contributed by atoms with E-state index < -0.39 is 9.84 Å². The van der Waals surface area contributed by atoms with Crippen LogP contribution in [0.2, 0.25) is 0 Å². The van der Waals surface area contributed by atoms with Crippen LogP contribution in [0.5, 0.6) is 0 Å². The summed E-state index contributed by atoms with van der Waals surface area (Å²) in [7, 11) is -3.46. The Morgan fingerprint density at radius 1 is 1.42 bits per heavy atom. The van der Waals surface area contributed by atoms with Gasteiger partial charge in [0.2, 0.25) is 15.0 Å². The minimum Gasteiger partial charge on any atom is -0.399 e. The number of nitrogens with zero attached hydrogens (tertiary/aromatic N) is 1. The zero-order valence-electron chi connectivity index (χ0n) is 10.9. The number of anilines is 1. The number of ether oxygens (including phenoxy) is 1. The van der Waals surface area contributed by atoms with Crippen LogP contribution in [0.25, 0.3) is 11.0 Å². The normalized spacial score (nSPS) is 12.4. The molecule has 0 saturated heterocycles. The number of sulfone groups is 1. The second kappa shape index (κ2) is 5.18. The van der Waals surface area contributed by atoms with E-state index >= 15 is 0 Å². The molecule has 1 aromatic carbocycles. The Morgan fingerprint density at radius 2 is 2.16 bits per heavy atom. The van der Waals surface area contributed by atoms with Crippen molar-refractivity contribution in [3.8, 4) is 0 Å². The van der Waals surface area contributed by atoms with Crippen molar-refractivity contribution >= 4 is 26.6 Å². The summed E-state index contributed by atoms with van der Waals surface area (Å²) in [5.41, 5.74) is 7.39. The number of nitrogens with one attached hydrogen (secondary N) is 1. The maximum atomic E-state index is 12.1. The van der Waals surface area contributed by atoms with Crippen molar-refractivity contribution in [3.63, 3.8) is 0 Å². The molecule has 2 rings (SSSR count). The fraction of sp³-hybridized carbons (Fsp3) is 0.417. The molecule has 104 valence electrons. The highest BCUT2D eigenvalue weighted by Crippen LogP contribution is 2.18. The summed E-state index contributed by atoms with van der Waals surface area (Å²) >= 11 is 0. The van der Waals surface area contributed by atoms with Crippen molar-refractivity contribution in [2.24, 2.45) is 0 Å². The van der Waals surface area contributed by atoms with Crippen LogP contribution in [0.4, 0.5) is 5.69 Å². The lowest BCUT2D eigenvalue weighted by molar-refractivity contribution is 0.0912. The fourth-order valence-corrected chi connectivity index (χ4v) is 2.65. The van der Waals surface area contributed by atoms with Crippen molar-refractivity contribution in [1.82, 2.24) is 9.97 Å². The van der Waals surface area contributed by atoms with Gasteiger partial charge < -0.3 is 15.5 Å². The first kappa shape index (κ1) is 13.8. The van der Waals surface area contributed by atoms with Crippen LogP contribution in [0.15, 0.2) is 23.4 Å². The average Bonchev–Trinajstić information content (AvgIpc) is 2.71. The van der Waals surface area contributed by atoms with Gasteiger partial charge in [-0.05, 0) is 32.0 Å². The van der Waals surface area contributed by atoms with Gasteiger partial charge in [0.05, 0.1) is 29.5 Å². The standard InChI is InChI=1S/C12H17N3O3S/c1-8(2)18-5-6-19(16,17)12-14-10-4-3-9(13)7-11(10)15-12/h3-4,7-8H,5-6,13H2,1-2H3,(H,14,15). The van der Waals surface area contributed by atoms with Crippen molar-refractivity contribution in [1.29, 1.82) is 0 Å². The fourth-order valence-electron chi connectivity index (χ4n) is 1.64. The van der Waals surface area contributed by atoms with Gasteiger partial charge >= 0.3 is 0 Å². The van der Waals surface area contributed by atoms with Crippen LogP contribution in [0, 0.1) is 0 Å². The Labute approximate surface area is 111 Å². The number of fused-ring (bicyclic) bond motifs is 1. The maximum absolute atomic E-state index is 12.1. The highest BCUT2D eigenvalue weighted by molar-refractivity contribution is 7.91. The summed E-state index contributed by atoms with van der Waals surface area (Å²) in [6.45, 7) is 3.87. The first-order chi connectivity index (χ1) is 8.88. The van der Waals surface area contributed by atoms with Crippen molar-refractivity contribution in [2.75, 3.05) is 18.1 Å². The van der Waals surface area contributed by atoms with Gasteiger partial charge in [-0.2, -0.15) is 0 Å². The first-order valence-corrected chi connectivity index (χ1v) is 7.63. The quantitative estimate of drug-likeness (QED) is 0.807. The molecule has 0 aliphatic carbocycles. The third kappa shape index (κ3) is 3.24. The summed E-state index contributed by atoms with van der Waals surface area (Å²) in [5, 5.41) is -0.0412. The summed E-state index contributed by atoms with van der Waals surface area (Å²) in [4.78, 5) is 6.85. The van der Waals surface area contributed by atoms with E-state index in [9.17, 15) is 8.42 Å². The van der Waals surface area contributed by atoms with Crippen molar-refractivity contribution < 1.29 is 13.2 Å². The van der Waals surface area contributed by atoms with Crippen LogP contribution >= 0.6 is 0 Å². The number of aromatic amines is 1. The molecule has 0 spiro atoms. The monoisotopic (exact) mass is 283 g/mol. The molecule has 0 atom stereocenters. The molecular formula is C12H17N3O3S. The van der Waals surface area contributed by atoms with Crippen LogP contribution in [-0.4, -0.2) is 36.8 Å². The molecule has 1 aromatic heterocycles. The number of hydrogen-bond acceptors (Lipinski definition) is 5. The minimum absolute atomic E-state index is 0.00525. The molecule has 2 aromatic rings. The third-order valence-electron chi connectivity index (χ3n) is 2.58. The van der Waals surface area contributed by atoms with E-state index in [0.717, 1.165) is 0 Å². The second-order valence-electron chi connectivity index (χ2n) is 4.56. The number of H-pyrrole nitrogens is 1. The third-order valence-corrected chi connectivity index (χ3v) is 4.07. The second-order valence-corrected chi connectivity index (χ2v) is 6.58. The minimum atomic E-state index is -3.46. The molecule has 0 saturated carbocycles. The van der Waals surface area contributed by atoms with Gasteiger partial charge in [-0.1, -0.05) is 0 Å². The van der Waals surface area contributed by atoms with E-state index in [1.165, 1.54) is 0 Å². The average molecular weight is 283 g/mol. The number of imidazole rings is 1. The van der Waals surface area contributed by atoms with Crippen molar-refractivity contribution in [3.05, 3.63) is 18.2 Å². The smallest absolute Gasteiger partial charge is 0.226 e. The van der Waals surface area contributed by atoms with Gasteiger partial charge in [-0.3, -0.25) is 0 Å². The first-order valence-electron chi connectivity index (χ1n) is 5.98. The molecule has 0 amide bonds. The number of rotatable bonds is 5. The van der Waals surface area contributed by atoms with E-state index in [2.05, 4.69) is 9.97 Å². The zero-order valence-corrected chi connectivity index (χ0v) is 11.7. The topological polar surface area (TPSA) is 98.1 Å². The van der Waals surface area contributed by atoms with E-state index in [1.807, 2.05) is 13.8 Å².